The van der Waals surface area contributed by atoms with E-state index < -0.39 is 0 Å². The van der Waals surface area contributed by atoms with Gasteiger partial charge < -0.3 is 10.3 Å². The Morgan fingerprint density at radius 3 is 2.76 bits per heavy atom. The Bertz CT molecular complexity index is 833. The van der Waals surface area contributed by atoms with Crippen LogP contribution in [0.4, 0.5) is 4.39 Å². The summed E-state index contributed by atoms with van der Waals surface area (Å²) in [7, 11) is 0. The molecule has 6 heteroatoms. The molecule has 3 aromatic rings. The van der Waals surface area contributed by atoms with Gasteiger partial charge in [-0.1, -0.05) is 12.1 Å². The molecule has 3 unspecified atom stereocenters. The topological polar surface area (TPSA) is 53.6 Å². The zero-order chi connectivity index (χ0) is 16.5. The van der Waals surface area contributed by atoms with Crippen molar-refractivity contribution in [2.45, 2.75) is 44.2 Å². The lowest BCUT2D eigenvalue weighted by molar-refractivity contribution is 0.294. The molecule has 0 spiro atoms. The number of benzene rings is 1. The van der Waals surface area contributed by atoms with E-state index in [0.717, 1.165) is 41.7 Å². The SMILES string of the molecule is CC1CC(c2ncc3[nH]ccc3n2)CC(Cc2ccc(F)cc2)N1.Cl. The number of aromatic amines is 1. The molecule has 0 radical (unpaired) electrons. The Morgan fingerprint density at radius 2 is 1.96 bits per heavy atom. The average molecular weight is 361 g/mol. The fraction of sp³-hybridized carbons (Fsp3) is 0.368. The van der Waals surface area contributed by atoms with Crippen molar-refractivity contribution in [2.75, 3.05) is 0 Å². The molecule has 4 rings (SSSR count). The van der Waals surface area contributed by atoms with Crippen LogP contribution in [0.3, 0.4) is 0 Å². The zero-order valence-corrected chi connectivity index (χ0v) is 14.9. The van der Waals surface area contributed by atoms with E-state index in [0.29, 0.717) is 18.0 Å². The lowest BCUT2D eigenvalue weighted by atomic mass is 9.85. The number of nitrogens with zero attached hydrogens (tertiary/aromatic N) is 2. The van der Waals surface area contributed by atoms with Crippen molar-refractivity contribution >= 4 is 23.4 Å². The Kier molecular flexibility index (Phi) is 5.35. The Morgan fingerprint density at radius 1 is 1.16 bits per heavy atom. The van der Waals surface area contributed by atoms with Crippen LogP contribution in [0, 0.1) is 5.82 Å². The van der Waals surface area contributed by atoms with Gasteiger partial charge in [0, 0.05) is 24.2 Å². The van der Waals surface area contributed by atoms with Gasteiger partial charge in [0.15, 0.2) is 0 Å². The summed E-state index contributed by atoms with van der Waals surface area (Å²) in [5.74, 6) is 1.10. The van der Waals surface area contributed by atoms with Gasteiger partial charge in [0.2, 0.25) is 0 Å². The number of halogens is 2. The Balaban J connectivity index is 0.00000182. The van der Waals surface area contributed by atoms with Gasteiger partial charge in [0.25, 0.3) is 0 Å². The second-order valence-electron chi connectivity index (χ2n) is 6.77. The monoisotopic (exact) mass is 360 g/mol. The standard InChI is InChI=1S/C19H21FN4.ClH/c1-12-8-14(19-22-11-18-17(24-19)6-7-21-18)10-16(23-12)9-13-2-4-15(20)5-3-13;/h2-7,11-12,14,16,21,23H,8-10H2,1H3;1H. The first-order chi connectivity index (χ1) is 11.7. The largest absolute Gasteiger partial charge is 0.359 e. The summed E-state index contributed by atoms with van der Waals surface area (Å²) >= 11 is 0. The third-order valence-electron chi connectivity index (χ3n) is 4.80. The van der Waals surface area contributed by atoms with Crippen LogP contribution in [-0.2, 0) is 6.42 Å². The van der Waals surface area contributed by atoms with Gasteiger partial charge in [-0.3, -0.25) is 0 Å². The van der Waals surface area contributed by atoms with Gasteiger partial charge in [0.05, 0.1) is 17.2 Å². The minimum Gasteiger partial charge on any atom is -0.359 e. The quantitative estimate of drug-likeness (QED) is 0.742. The Labute approximate surface area is 152 Å². The second kappa shape index (κ2) is 7.50. The lowest BCUT2D eigenvalue weighted by Crippen LogP contribution is -2.44. The number of nitrogens with one attached hydrogen (secondary N) is 2. The molecule has 1 saturated heterocycles. The van der Waals surface area contributed by atoms with Gasteiger partial charge in [0.1, 0.15) is 11.6 Å². The minimum absolute atomic E-state index is 0. The van der Waals surface area contributed by atoms with Crippen molar-refractivity contribution < 1.29 is 4.39 Å². The van der Waals surface area contributed by atoms with Crippen LogP contribution in [0.2, 0.25) is 0 Å². The van der Waals surface area contributed by atoms with Crippen molar-refractivity contribution in [3.8, 4) is 0 Å². The highest BCUT2D eigenvalue weighted by Crippen LogP contribution is 2.30. The summed E-state index contributed by atoms with van der Waals surface area (Å²) in [6.45, 7) is 2.21. The molecule has 2 aromatic heterocycles. The fourth-order valence-electron chi connectivity index (χ4n) is 3.72. The average Bonchev–Trinajstić information content (AvgIpc) is 3.04. The molecule has 1 aliphatic rings. The van der Waals surface area contributed by atoms with Crippen LogP contribution in [0.15, 0.2) is 42.7 Å². The van der Waals surface area contributed by atoms with E-state index in [4.69, 9.17) is 4.98 Å². The molecule has 1 fully saturated rings. The number of rotatable bonds is 3. The molecule has 0 amide bonds. The predicted octanol–water partition coefficient (Wildman–Crippen LogP) is 3.99. The van der Waals surface area contributed by atoms with Crippen molar-refractivity contribution in [1.82, 2.24) is 20.3 Å². The van der Waals surface area contributed by atoms with E-state index in [1.54, 1.807) is 0 Å². The first kappa shape index (κ1) is 17.8. The van der Waals surface area contributed by atoms with Crippen LogP contribution in [0.25, 0.3) is 11.0 Å². The molecular weight excluding hydrogens is 339 g/mol. The normalized spacial score (nSPS) is 23.4. The first-order valence-corrected chi connectivity index (χ1v) is 8.48. The zero-order valence-electron chi connectivity index (χ0n) is 14.1. The minimum atomic E-state index is -0.185. The highest BCUT2D eigenvalue weighted by Gasteiger charge is 2.28. The van der Waals surface area contributed by atoms with Gasteiger partial charge in [-0.15, -0.1) is 12.4 Å². The summed E-state index contributed by atoms with van der Waals surface area (Å²) in [6.07, 6.45) is 6.70. The van der Waals surface area contributed by atoms with Gasteiger partial charge in [-0.25, -0.2) is 14.4 Å². The van der Waals surface area contributed by atoms with E-state index in [1.165, 1.54) is 12.1 Å². The number of H-pyrrole nitrogens is 1. The maximum Gasteiger partial charge on any atom is 0.132 e. The number of aromatic nitrogens is 3. The lowest BCUT2D eigenvalue weighted by Gasteiger charge is -2.34. The molecule has 1 aliphatic heterocycles. The molecule has 3 atom stereocenters. The molecule has 25 heavy (non-hydrogen) atoms. The number of hydrogen-bond acceptors (Lipinski definition) is 3. The summed E-state index contributed by atoms with van der Waals surface area (Å²) in [5.41, 5.74) is 3.11. The van der Waals surface area contributed by atoms with E-state index in [2.05, 4.69) is 22.2 Å². The molecule has 3 heterocycles. The van der Waals surface area contributed by atoms with E-state index >= 15 is 0 Å². The summed E-state index contributed by atoms with van der Waals surface area (Å²) in [4.78, 5) is 12.4. The maximum atomic E-state index is 13.1. The first-order valence-electron chi connectivity index (χ1n) is 8.48. The predicted molar refractivity (Wildman–Crippen MR) is 99.6 cm³/mol. The van der Waals surface area contributed by atoms with Gasteiger partial charge in [-0.2, -0.15) is 0 Å². The smallest absolute Gasteiger partial charge is 0.132 e. The van der Waals surface area contributed by atoms with Gasteiger partial charge >= 0.3 is 0 Å². The number of hydrogen-bond donors (Lipinski definition) is 2. The molecule has 0 saturated carbocycles. The Hall–Kier alpha value is -1.98. The van der Waals surface area contributed by atoms with Crippen molar-refractivity contribution in [2.24, 2.45) is 0 Å². The summed E-state index contributed by atoms with van der Waals surface area (Å²) in [5, 5.41) is 3.66. The van der Waals surface area contributed by atoms with Crippen LogP contribution < -0.4 is 5.32 Å². The fourth-order valence-corrected chi connectivity index (χ4v) is 3.72. The molecule has 0 bridgehead atoms. The number of fused-ring (bicyclic) bond motifs is 1. The van der Waals surface area contributed by atoms with E-state index in [1.807, 2.05) is 30.6 Å². The van der Waals surface area contributed by atoms with E-state index in [-0.39, 0.29) is 18.2 Å². The van der Waals surface area contributed by atoms with E-state index in [9.17, 15) is 4.39 Å². The molecule has 4 nitrogen and oxygen atoms in total. The highest BCUT2D eigenvalue weighted by atomic mass is 35.5. The van der Waals surface area contributed by atoms with Crippen molar-refractivity contribution in [3.05, 3.63) is 59.9 Å². The molecule has 1 aromatic carbocycles. The third kappa shape index (κ3) is 3.99. The molecular formula is C19H22ClFN4. The molecule has 0 aliphatic carbocycles. The molecule has 132 valence electrons. The summed E-state index contributed by atoms with van der Waals surface area (Å²) < 4.78 is 13.1. The van der Waals surface area contributed by atoms with Crippen LogP contribution in [0.5, 0.6) is 0 Å². The van der Waals surface area contributed by atoms with Crippen LogP contribution >= 0.6 is 12.4 Å². The summed E-state index contributed by atoms with van der Waals surface area (Å²) in [6, 6.07) is 9.56. The second-order valence-corrected chi connectivity index (χ2v) is 6.77. The highest BCUT2D eigenvalue weighted by molar-refractivity contribution is 5.85. The number of piperidine rings is 1. The molecule has 2 N–H and O–H groups in total. The van der Waals surface area contributed by atoms with Crippen LogP contribution in [-0.4, -0.2) is 27.0 Å². The third-order valence-corrected chi connectivity index (χ3v) is 4.80. The van der Waals surface area contributed by atoms with Crippen LogP contribution in [0.1, 0.15) is 37.1 Å². The maximum absolute atomic E-state index is 13.1. The van der Waals surface area contributed by atoms with Gasteiger partial charge in [-0.05, 0) is 49.9 Å². The van der Waals surface area contributed by atoms with Crippen molar-refractivity contribution in [3.63, 3.8) is 0 Å². The van der Waals surface area contributed by atoms with Crippen molar-refractivity contribution in [1.29, 1.82) is 0 Å².